The molecule has 0 aromatic heterocycles. The molecule has 6 nitrogen and oxygen atoms in total. The maximum Gasteiger partial charge on any atom is 0.242 e. The van der Waals surface area contributed by atoms with Crippen molar-refractivity contribution in [2.75, 3.05) is 33.5 Å². The van der Waals surface area contributed by atoms with Gasteiger partial charge in [-0.25, -0.2) is 13.1 Å². The van der Waals surface area contributed by atoms with E-state index in [1.54, 1.807) is 7.11 Å². The number of nitrogens with one attached hydrogen (secondary N) is 1. The number of ether oxygens (including phenoxy) is 2. The Morgan fingerprint density at radius 2 is 1.90 bits per heavy atom. The monoisotopic (exact) mass is 356 g/mol. The van der Waals surface area contributed by atoms with E-state index < -0.39 is 10.0 Å². The molecule has 0 fully saturated rings. The fourth-order valence-corrected chi connectivity index (χ4v) is 3.39. The van der Waals surface area contributed by atoms with Crippen LogP contribution < -0.4 is 10.5 Å². The highest BCUT2D eigenvalue weighted by Gasteiger charge is 2.19. The Bertz CT molecular complexity index is 567. The molecule has 120 valence electrons. The molecule has 0 radical (unpaired) electrons. The molecule has 1 aromatic rings. The molecule has 0 aliphatic rings. The lowest BCUT2D eigenvalue weighted by Crippen LogP contribution is -2.28. The Morgan fingerprint density at radius 1 is 1.19 bits per heavy atom. The van der Waals surface area contributed by atoms with E-state index in [2.05, 4.69) is 4.72 Å². The van der Waals surface area contributed by atoms with E-state index in [1.165, 1.54) is 12.1 Å². The quantitative estimate of drug-likeness (QED) is 0.652. The van der Waals surface area contributed by atoms with E-state index in [9.17, 15) is 8.42 Å². The molecule has 0 saturated carbocycles. The lowest BCUT2D eigenvalue weighted by atomic mass is 10.2. The highest BCUT2D eigenvalue weighted by molar-refractivity contribution is 7.89. The summed E-state index contributed by atoms with van der Waals surface area (Å²) in [6.07, 6.45) is 0. The summed E-state index contributed by atoms with van der Waals surface area (Å²) in [5.41, 5.74) is 6.02. The number of rotatable bonds is 9. The zero-order valence-corrected chi connectivity index (χ0v) is 13.9. The summed E-state index contributed by atoms with van der Waals surface area (Å²) < 4.78 is 36.7. The highest BCUT2D eigenvalue weighted by Crippen LogP contribution is 2.28. The van der Waals surface area contributed by atoms with Crippen LogP contribution in [0.25, 0.3) is 0 Å². The minimum atomic E-state index is -3.74. The fraction of sp³-hybridized carbons (Fsp3) is 0.500. The van der Waals surface area contributed by atoms with Crippen LogP contribution in [-0.4, -0.2) is 41.9 Å². The van der Waals surface area contributed by atoms with Crippen LogP contribution in [0.15, 0.2) is 17.0 Å². The second-order valence-corrected chi connectivity index (χ2v) is 6.63. The van der Waals surface area contributed by atoms with Crippen molar-refractivity contribution in [1.29, 1.82) is 0 Å². The van der Waals surface area contributed by atoms with Gasteiger partial charge >= 0.3 is 0 Å². The number of nitrogens with two attached hydrogens (primary N) is 1. The van der Waals surface area contributed by atoms with Crippen LogP contribution in [0.3, 0.4) is 0 Å². The van der Waals surface area contributed by atoms with Crippen molar-refractivity contribution in [3.63, 3.8) is 0 Å². The largest absolute Gasteiger partial charge is 0.382 e. The van der Waals surface area contributed by atoms with Gasteiger partial charge in [0.05, 0.1) is 24.8 Å². The molecule has 3 N–H and O–H groups in total. The molecule has 0 aliphatic heterocycles. The zero-order chi connectivity index (χ0) is 15.9. The van der Waals surface area contributed by atoms with Gasteiger partial charge in [0.1, 0.15) is 4.90 Å². The Labute approximate surface area is 134 Å². The van der Waals surface area contributed by atoms with Gasteiger partial charge in [0.2, 0.25) is 10.0 Å². The van der Waals surface area contributed by atoms with Gasteiger partial charge < -0.3 is 15.2 Å². The third-order valence-corrected chi connectivity index (χ3v) is 4.86. The summed E-state index contributed by atoms with van der Waals surface area (Å²) in [5, 5.41) is 0.384. The normalized spacial score (nSPS) is 11.8. The number of methoxy groups -OCH3 is 1. The zero-order valence-electron chi connectivity index (χ0n) is 11.6. The predicted molar refractivity (Wildman–Crippen MR) is 82.2 cm³/mol. The van der Waals surface area contributed by atoms with E-state index in [4.69, 9.17) is 38.4 Å². The SMILES string of the molecule is COCCOCCNS(=O)(=O)c1cc(CN)c(Cl)cc1Cl. The predicted octanol–water partition coefficient (Wildman–Crippen LogP) is 1.39. The molecule has 0 saturated heterocycles. The van der Waals surface area contributed by atoms with Crippen LogP contribution in [0.2, 0.25) is 10.0 Å². The summed E-state index contributed by atoms with van der Waals surface area (Å²) in [5.74, 6) is 0. The highest BCUT2D eigenvalue weighted by atomic mass is 35.5. The Balaban J connectivity index is 2.70. The molecule has 0 bridgehead atoms. The lowest BCUT2D eigenvalue weighted by Gasteiger charge is -2.11. The van der Waals surface area contributed by atoms with Crippen LogP contribution in [0.4, 0.5) is 0 Å². The molecule has 0 spiro atoms. The van der Waals surface area contributed by atoms with Crippen LogP contribution in [0.1, 0.15) is 5.56 Å². The van der Waals surface area contributed by atoms with Crippen molar-refractivity contribution < 1.29 is 17.9 Å². The first kappa shape index (κ1) is 18.6. The third kappa shape index (κ3) is 5.71. The number of sulfonamides is 1. The molecule has 0 unspecified atom stereocenters. The van der Waals surface area contributed by atoms with Gasteiger partial charge in [0, 0.05) is 25.2 Å². The summed E-state index contributed by atoms with van der Waals surface area (Å²) in [6.45, 7) is 1.34. The number of benzene rings is 1. The van der Waals surface area contributed by atoms with Crippen molar-refractivity contribution in [3.05, 3.63) is 27.7 Å². The standard InChI is InChI=1S/C12H18Cl2N2O4S/c1-19-4-5-20-3-2-16-21(17,18)12-6-9(8-15)10(13)7-11(12)14/h6-7,16H,2-5,8,15H2,1H3. The maximum atomic E-state index is 12.2. The van der Waals surface area contributed by atoms with Gasteiger partial charge in [-0.1, -0.05) is 23.2 Å². The van der Waals surface area contributed by atoms with Crippen molar-refractivity contribution in [2.45, 2.75) is 11.4 Å². The molecule has 0 amide bonds. The Hall–Kier alpha value is -0.410. The maximum absolute atomic E-state index is 12.2. The van der Waals surface area contributed by atoms with Gasteiger partial charge in [-0.2, -0.15) is 0 Å². The second-order valence-electron chi connectivity index (χ2n) is 4.08. The van der Waals surface area contributed by atoms with E-state index in [1.807, 2.05) is 0 Å². The molecule has 0 aliphatic carbocycles. The van der Waals surface area contributed by atoms with Crippen LogP contribution >= 0.6 is 23.2 Å². The minimum Gasteiger partial charge on any atom is -0.382 e. The van der Waals surface area contributed by atoms with Gasteiger partial charge in [-0.3, -0.25) is 0 Å². The van der Waals surface area contributed by atoms with Gasteiger partial charge in [0.25, 0.3) is 0 Å². The van der Waals surface area contributed by atoms with Gasteiger partial charge in [0.15, 0.2) is 0 Å². The van der Waals surface area contributed by atoms with Gasteiger partial charge in [-0.15, -0.1) is 0 Å². The number of hydrogen-bond acceptors (Lipinski definition) is 5. The fourth-order valence-electron chi connectivity index (χ4n) is 1.50. The molecule has 21 heavy (non-hydrogen) atoms. The second kappa shape index (κ2) is 8.89. The van der Waals surface area contributed by atoms with Crippen LogP contribution in [-0.2, 0) is 26.0 Å². The molecular weight excluding hydrogens is 339 g/mol. The average Bonchev–Trinajstić information content (AvgIpc) is 2.42. The van der Waals surface area contributed by atoms with E-state index in [-0.39, 0.29) is 29.6 Å². The molecule has 9 heteroatoms. The third-order valence-electron chi connectivity index (χ3n) is 2.58. The molecule has 0 atom stereocenters. The average molecular weight is 357 g/mol. The van der Waals surface area contributed by atoms with Crippen molar-refractivity contribution in [3.8, 4) is 0 Å². The molecule has 1 rings (SSSR count). The molecule has 1 aromatic carbocycles. The van der Waals surface area contributed by atoms with Gasteiger partial charge in [-0.05, 0) is 17.7 Å². The molecule has 0 heterocycles. The Kier molecular flexibility index (Phi) is 7.89. The first-order valence-electron chi connectivity index (χ1n) is 6.16. The van der Waals surface area contributed by atoms with E-state index in [0.717, 1.165) is 0 Å². The topological polar surface area (TPSA) is 90.6 Å². The Morgan fingerprint density at radius 3 is 2.52 bits per heavy atom. The van der Waals surface area contributed by atoms with Crippen LogP contribution in [0.5, 0.6) is 0 Å². The van der Waals surface area contributed by atoms with Crippen molar-refractivity contribution in [2.24, 2.45) is 5.73 Å². The first-order valence-corrected chi connectivity index (χ1v) is 8.40. The number of halogens is 2. The first-order chi connectivity index (χ1) is 9.92. The summed E-state index contributed by atoms with van der Waals surface area (Å²) in [4.78, 5) is -0.0501. The van der Waals surface area contributed by atoms with Crippen LogP contribution in [0, 0.1) is 0 Å². The molecular formula is C12H18Cl2N2O4S. The summed E-state index contributed by atoms with van der Waals surface area (Å²) in [6, 6.07) is 2.74. The number of hydrogen-bond donors (Lipinski definition) is 2. The summed E-state index contributed by atoms with van der Waals surface area (Å²) in [7, 11) is -2.18. The van der Waals surface area contributed by atoms with E-state index >= 15 is 0 Å². The van der Waals surface area contributed by atoms with Crippen molar-refractivity contribution in [1.82, 2.24) is 4.72 Å². The van der Waals surface area contributed by atoms with Crippen molar-refractivity contribution >= 4 is 33.2 Å². The summed E-state index contributed by atoms with van der Waals surface area (Å²) >= 11 is 11.8. The smallest absolute Gasteiger partial charge is 0.242 e. The minimum absolute atomic E-state index is 0.0463. The van der Waals surface area contributed by atoms with E-state index in [0.29, 0.717) is 23.8 Å². The lowest BCUT2D eigenvalue weighted by molar-refractivity contribution is 0.0736.